The fraction of sp³-hybridized carbons (Fsp3) is 0.333. The monoisotopic (exact) mass is 232 g/mol. The fourth-order valence-electron chi connectivity index (χ4n) is 1.53. The third-order valence-corrected chi connectivity index (χ3v) is 3.50. The van der Waals surface area contributed by atoms with Gasteiger partial charge in [-0.15, -0.1) is 17.8 Å². The summed E-state index contributed by atoms with van der Waals surface area (Å²) in [5, 5.41) is 0.989. The Morgan fingerprint density at radius 3 is 2.75 bits per heavy atom. The lowest BCUT2D eigenvalue weighted by Crippen LogP contribution is -1.99. The molecule has 0 aliphatic heterocycles. The molecule has 0 radical (unpaired) electrons. The first kappa shape index (κ1) is 10.9. The molecule has 2 heterocycles. The van der Waals surface area contributed by atoms with Gasteiger partial charge in [0, 0.05) is 4.88 Å². The highest BCUT2D eigenvalue weighted by molar-refractivity contribution is 7.18. The largest absolute Gasteiger partial charge is 0.464 e. The number of ether oxygens (including phenoxy) is 1. The highest BCUT2D eigenvalue weighted by atomic mass is 32.1. The summed E-state index contributed by atoms with van der Waals surface area (Å²) < 4.78 is 5.46. The van der Waals surface area contributed by atoms with Gasteiger partial charge in [-0.05, 0) is 26.3 Å². The molecule has 0 aromatic carbocycles. The van der Waals surface area contributed by atoms with Crippen molar-refractivity contribution >= 4 is 21.6 Å². The van der Waals surface area contributed by atoms with E-state index in [1.165, 1.54) is 10.4 Å². The van der Waals surface area contributed by atoms with E-state index >= 15 is 0 Å². The number of fused-ring (bicyclic) bond motifs is 1. The Labute approximate surface area is 98.5 Å². The Morgan fingerprint density at radius 2 is 2.06 bits per heavy atom. The van der Waals surface area contributed by atoms with Gasteiger partial charge in [0.1, 0.15) is 10.7 Å². The lowest BCUT2D eigenvalue weighted by molar-refractivity contribution is 0.359. The minimum atomic E-state index is 0.236. The van der Waals surface area contributed by atoms with E-state index < -0.39 is 0 Å². The molecule has 82 valence electrons. The van der Waals surface area contributed by atoms with Crippen molar-refractivity contribution in [3.8, 4) is 18.2 Å². The quantitative estimate of drug-likeness (QED) is 0.747. The lowest BCUT2D eigenvalue weighted by atomic mass is 10.2. The van der Waals surface area contributed by atoms with Crippen LogP contribution in [0, 0.1) is 33.1 Å². The first-order chi connectivity index (χ1) is 7.63. The second-order valence-corrected chi connectivity index (χ2v) is 4.74. The van der Waals surface area contributed by atoms with E-state index in [0.717, 1.165) is 10.2 Å². The number of aromatic nitrogens is 2. The van der Waals surface area contributed by atoms with Crippen molar-refractivity contribution in [1.29, 1.82) is 0 Å². The second-order valence-electron chi connectivity index (χ2n) is 3.53. The zero-order valence-electron chi connectivity index (χ0n) is 9.50. The van der Waals surface area contributed by atoms with Crippen LogP contribution in [0.5, 0.6) is 5.88 Å². The van der Waals surface area contributed by atoms with Crippen molar-refractivity contribution in [2.75, 3.05) is 6.61 Å². The molecule has 0 saturated carbocycles. The van der Waals surface area contributed by atoms with Crippen molar-refractivity contribution in [3.63, 3.8) is 0 Å². The van der Waals surface area contributed by atoms with Crippen molar-refractivity contribution in [2.24, 2.45) is 0 Å². The Bertz CT molecular complexity index is 581. The molecule has 0 aliphatic carbocycles. The first-order valence-corrected chi connectivity index (χ1v) is 5.75. The molecule has 16 heavy (non-hydrogen) atoms. The maximum absolute atomic E-state index is 5.46. The van der Waals surface area contributed by atoms with Gasteiger partial charge in [-0.25, -0.2) is 4.98 Å². The first-order valence-electron chi connectivity index (χ1n) is 4.94. The van der Waals surface area contributed by atoms with Gasteiger partial charge in [-0.3, -0.25) is 0 Å². The number of hydrogen-bond donors (Lipinski definition) is 0. The molecule has 0 saturated heterocycles. The van der Waals surface area contributed by atoms with Crippen LogP contribution in [0.4, 0.5) is 0 Å². The Morgan fingerprint density at radius 1 is 1.31 bits per heavy atom. The van der Waals surface area contributed by atoms with Crippen LogP contribution in [0.25, 0.3) is 10.2 Å². The van der Waals surface area contributed by atoms with Crippen LogP contribution in [-0.4, -0.2) is 16.6 Å². The van der Waals surface area contributed by atoms with Gasteiger partial charge in [0.15, 0.2) is 6.61 Å². The summed E-state index contributed by atoms with van der Waals surface area (Å²) in [4.78, 5) is 10.9. The highest BCUT2D eigenvalue weighted by Crippen LogP contribution is 2.34. The zero-order valence-corrected chi connectivity index (χ0v) is 10.3. The Hall–Kier alpha value is -1.60. The number of hydrogen-bond acceptors (Lipinski definition) is 4. The smallest absolute Gasteiger partial charge is 0.226 e. The third kappa shape index (κ3) is 1.74. The van der Waals surface area contributed by atoms with E-state index in [0.29, 0.717) is 11.7 Å². The minimum Gasteiger partial charge on any atom is -0.464 e. The molecule has 0 N–H and O–H groups in total. The molecular formula is C12H12N2OS. The van der Waals surface area contributed by atoms with Gasteiger partial charge in [0.25, 0.3) is 0 Å². The standard InChI is InChI=1S/C12H12N2OS/c1-5-6-15-11-10-7(2)8(3)16-12(10)14-9(4)13-11/h1H,6H2,2-4H3. The fourth-order valence-corrected chi connectivity index (χ4v) is 2.59. The van der Waals surface area contributed by atoms with Crippen LogP contribution in [0.15, 0.2) is 0 Å². The average molecular weight is 232 g/mol. The molecule has 0 bridgehead atoms. The van der Waals surface area contributed by atoms with Crippen LogP contribution >= 0.6 is 11.3 Å². The van der Waals surface area contributed by atoms with Crippen molar-refractivity contribution in [3.05, 3.63) is 16.3 Å². The summed E-state index contributed by atoms with van der Waals surface area (Å²) in [7, 11) is 0. The molecule has 2 rings (SSSR count). The summed E-state index contributed by atoms with van der Waals surface area (Å²) >= 11 is 1.66. The van der Waals surface area contributed by atoms with E-state index in [2.05, 4.69) is 29.7 Å². The Kier molecular flexibility index (Phi) is 2.80. The summed E-state index contributed by atoms with van der Waals surface area (Å²) in [6.45, 7) is 6.21. The number of nitrogens with zero attached hydrogens (tertiary/aromatic N) is 2. The molecule has 0 aliphatic rings. The normalized spacial score (nSPS) is 10.4. The summed E-state index contributed by atoms with van der Waals surface area (Å²) in [6.07, 6.45) is 5.19. The van der Waals surface area contributed by atoms with Gasteiger partial charge >= 0.3 is 0 Å². The summed E-state index contributed by atoms with van der Waals surface area (Å²) in [6, 6.07) is 0. The molecule has 0 fully saturated rings. The SMILES string of the molecule is C#CCOc1nc(C)nc2sc(C)c(C)c12. The number of aryl methyl sites for hydroxylation is 3. The maximum atomic E-state index is 5.46. The van der Waals surface area contributed by atoms with Crippen LogP contribution in [-0.2, 0) is 0 Å². The van der Waals surface area contributed by atoms with Crippen LogP contribution in [0.3, 0.4) is 0 Å². The summed E-state index contributed by atoms with van der Waals surface area (Å²) in [5.74, 6) is 3.76. The second kappa shape index (κ2) is 4.11. The molecule has 0 amide bonds. The van der Waals surface area contributed by atoms with Crippen LogP contribution in [0.2, 0.25) is 0 Å². The number of rotatable bonds is 2. The molecule has 4 heteroatoms. The molecule has 0 atom stereocenters. The molecular weight excluding hydrogens is 220 g/mol. The van der Waals surface area contributed by atoms with E-state index in [-0.39, 0.29) is 6.61 Å². The van der Waals surface area contributed by atoms with Gasteiger partial charge in [-0.1, -0.05) is 5.92 Å². The van der Waals surface area contributed by atoms with E-state index in [9.17, 15) is 0 Å². The van der Waals surface area contributed by atoms with Gasteiger partial charge < -0.3 is 4.74 Å². The predicted octanol–water partition coefficient (Wildman–Crippen LogP) is 2.63. The average Bonchev–Trinajstić information content (AvgIpc) is 2.51. The van der Waals surface area contributed by atoms with E-state index in [1.54, 1.807) is 11.3 Å². The third-order valence-electron chi connectivity index (χ3n) is 2.40. The minimum absolute atomic E-state index is 0.236. The van der Waals surface area contributed by atoms with Crippen molar-refractivity contribution in [2.45, 2.75) is 20.8 Å². The van der Waals surface area contributed by atoms with Gasteiger partial charge in [0.2, 0.25) is 5.88 Å². The molecule has 0 spiro atoms. The number of thiophene rings is 1. The maximum Gasteiger partial charge on any atom is 0.226 e. The summed E-state index contributed by atoms with van der Waals surface area (Å²) in [5.41, 5.74) is 1.17. The van der Waals surface area contributed by atoms with Gasteiger partial charge in [0.05, 0.1) is 5.39 Å². The van der Waals surface area contributed by atoms with E-state index in [1.807, 2.05) is 6.92 Å². The molecule has 2 aromatic rings. The van der Waals surface area contributed by atoms with Crippen molar-refractivity contribution < 1.29 is 4.74 Å². The molecule has 3 nitrogen and oxygen atoms in total. The zero-order chi connectivity index (χ0) is 11.7. The predicted molar refractivity (Wildman–Crippen MR) is 66.0 cm³/mol. The van der Waals surface area contributed by atoms with E-state index in [4.69, 9.17) is 11.2 Å². The highest BCUT2D eigenvalue weighted by Gasteiger charge is 2.13. The number of terminal acetylenes is 1. The topological polar surface area (TPSA) is 35.0 Å². The van der Waals surface area contributed by atoms with Crippen LogP contribution in [0.1, 0.15) is 16.3 Å². The molecule has 2 aromatic heterocycles. The lowest BCUT2D eigenvalue weighted by Gasteiger charge is -2.04. The van der Waals surface area contributed by atoms with Crippen LogP contribution < -0.4 is 4.74 Å². The van der Waals surface area contributed by atoms with Gasteiger partial charge in [-0.2, -0.15) is 4.98 Å². The Balaban J connectivity index is 2.66. The van der Waals surface area contributed by atoms with Crippen molar-refractivity contribution in [1.82, 2.24) is 9.97 Å². The molecule has 0 unspecified atom stereocenters.